The maximum Gasteiger partial charge on any atom is -0.00772 e. The lowest BCUT2D eigenvalue weighted by Crippen LogP contribution is -2.12. The van der Waals surface area contributed by atoms with E-state index in [2.05, 4.69) is 20.8 Å². The van der Waals surface area contributed by atoms with Crippen molar-refractivity contribution in [1.82, 2.24) is 0 Å². The van der Waals surface area contributed by atoms with Gasteiger partial charge in [-0.3, -0.25) is 0 Å². The largest absolute Gasteiger partial charge is 0.330 e. The third-order valence-corrected chi connectivity index (χ3v) is 3.68. The Morgan fingerprint density at radius 3 is 2.55 bits per heavy atom. The van der Waals surface area contributed by atoms with Gasteiger partial charge in [0.1, 0.15) is 0 Å². The standard InChI is InChI=1S/C10H21N/c1-8(5-4-6-11)10(3)7-9(10)2/h8-9H,4-7,11H2,1-3H3. The van der Waals surface area contributed by atoms with Gasteiger partial charge in [-0.15, -0.1) is 0 Å². The molecule has 0 aromatic rings. The van der Waals surface area contributed by atoms with E-state index in [1.165, 1.54) is 19.3 Å². The number of hydrogen-bond acceptors (Lipinski definition) is 1. The van der Waals surface area contributed by atoms with Gasteiger partial charge in [-0.25, -0.2) is 0 Å². The molecule has 3 atom stereocenters. The number of rotatable bonds is 4. The Kier molecular flexibility index (Phi) is 2.58. The summed E-state index contributed by atoms with van der Waals surface area (Å²) in [5.74, 6) is 1.83. The average Bonchev–Trinajstić information content (AvgIpc) is 2.56. The van der Waals surface area contributed by atoms with Crippen molar-refractivity contribution in [2.45, 2.75) is 40.0 Å². The molecule has 1 rings (SSSR count). The normalized spacial score (nSPS) is 38.7. The molecule has 0 aromatic heterocycles. The monoisotopic (exact) mass is 155 g/mol. The number of hydrogen-bond donors (Lipinski definition) is 1. The topological polar surface area (TPSA) is 26.0 Å². The Morgan fingerprint density at radius 1 is 1.64 bits per heavy atom. The van der Waals surface area contributed by atoms with Crippen molar-refractivity contribution in [3.05, 3.63) is 0 Å². The summed E-state index contributed by atoms with van der Waals surface area (Å²) in [6.45, 7) is 8.01. The minimum Gasteiger partial charge on any atom is -0.330 e. The first-order chi connectivity index (χ1) is 5.11. The van der Waals surface area contributed by atoms with E-state index in [1.54, 1.807) is 0 Å². The van der Waals surface area contributed by atoms with Gasteiger partial charge in [0, 0.05) is 0 Å². The first-order valence-corrected chi connectivity index (χ1v) is 4.81. The SMILES string of the molecule is CC(CCCN)C1(C)CC1C. The molecule has 0 aromatic carbocycles. The van der Waals surface area contributed by atoms with Gasteiger partial charge in [0.25, 0.3) is 0 Å². The molecule has 11 heavy (non-hydrogen) atoms. The van der Waals surface area contributed by atoms with Gasteiger partial charge < -0.3 is 5.73 Å². The summed E-state index contributed by atoms with van der Waals surface area (Å²) in [5, 5.41) is 0. The molecule has 0 saturated heterocycles. The molecular formula is C10H21N. The van der Waals surface area contributed by atoms with Gasteiger partial charge in [-0.1, -0.05) is 20.8 Å². The van der Waals surface area contributed by atoms with Crippen LogP contribution in [0.4, 0.5) is 0 Å². The second-order valence-corrected chi connectivity index (χ2v) is 4.44. The van der Waals surface area contributed by atoms with Crippen LogP contribution in [0.5, 0.6) is 0 Å². The predicted octanol–water partition coefficient (Wildman–Crippen LogP) is 2.41. The second-order valence-electron chi connectivity index (χ2n) is 4.44. The molecule has 3 unspecified atom stereocenters. The second kappa shape index (κ2) is 3.14. The van der Waals surface area contributed by atoms with Crippen LogP contribution in [0.25, 0.3) is 0 Å². The summed E-state index contributed by atoms with van der Waals surface area (Å²) >= 11 is 0. The van der Waals surface area contributed by atoms with Crippen LogP contribution < -0.4 is 5.73 Å². The molecule has 0 bridgehead atoms. The van der Waals surface area contributed by atoms with Crippen LogP contribution in [-0.2, 0) is 0 Å². The van der Waals surface area contributed by atoms with Gasteiger partial charge in [-0.2, -0.15) is 0 Å². The molecule has 66 valence electrons. The third-order valence-electron chi connectivity index (χ3n) is 3.68. The highest BCUT2D eigenvalue weighted by Crippen LogP contribution is 2.58. The molecule has 1 fully saturated rings. The van der Waals surface area contributed by atoms with Gasteiger partial charge in [0.05, 0.1) is 0 Å². The van der Waals surface area contributed by atoms with Crippen LogP contribution >= 0.6 is 0 Å². The van der Waals surface area contributed by atoms with Crippen molar-refractivity contribution in [2.75, 3.05) is 6.54 Å². The zero-order valence-corrected chi connectivity index (χ0v) is 8.06. The van der Waals surface area contributed by atoms with Gasteiger partial charge in [0.15, 0.2) is 0 Å². The van der Waals surface area contributed by atoms with Crippen molar-refractivity contribution in [1.29, 1.82) is 0 Å². The highest BCUT2D eigenvalue weighted by atomic mass is 14.6. The smallest absolute Gasteiger partial charge is 0.00772 e. The summed E-state index contributed by atoms with van der Waals surface area (Å²) in [6.07, 6.45) is 3.94. The summed E-state index contributed by atoms with van der Waals surface area (Å²) in [4.78, 5) is 0. The lowest BCUT2D eigenvalue weighted by atomic mass is 9.87. The van der Waals surface area contributed by atoms with E-state index in [4.69, 9.17) is 5.73 Å². The first kappa shape index (κ1) is 9.05. The molecule has 1 heteroatoms. The fourth-order valence-electron chi connectivity index (χ4n) is 2.04. The third kappa shape index (κ3) is 1.76. The lowest BCUT2D eigenvalue weighted by Gasteiger charge is -2.19. The summed E-state index contributed by atoms with van der Waals surface area (Å²) in [6, 6.07) is 0. The van der Waals surface area contributed by atoms with E-state index in [9.17, 15) is 0 Å². The van der Waals surface area contributed by atoms with Gasteiger partial charge in [-0.05, 0) is 43.1 Å². The molecule has 1 nitrogen and oxygen atoms in total. The van der Waals surface area contributed by atoms with E-state index >= 15 is 0 Å². The van der Waals surface area contributed by atoms with Crippen LogP contribution in [0.15, 0.2) is 0 Å². The fraction of sp³-hybridized carbons (Fsp3) is 1.00. The zero-order chi connectivity index (χ0) is 8.48. The minimum absolute atomic E-state index is 0.662. The molecule has 2 N–H and O–H groups in total. The molecule has 1 saturated carbocycles. The van der Waals surface area contributed by atoms with E-state index < -0.39 is 0 Å². The van der Waals surface area contributed by atoms with E-state index in [1.807, 2.05) is 0 Å². The molecular weight excluding hydrogens is 134 g/mol. The van der Waals surface area contributed by atoms with Crippen molar-refractivity contribution >= 4 is 0 Å². The maximum absolute atomic E-state index is 5.48. The molecule has 0 radical (unpaired) electrons. The van der Waals surface area contributed by atoms with E-state index in [-0.39, 0.29) is 0 Å². The van der Waals surface area contributed by atoms with Crippen molar-refractivity contribution in [2.24, 2.45) is 23.0 Å². The van der Waals surface area contributed by atoms with Crippen LogP contribution in [0.1, 0.15) is 40.0 Å². The zero-order valence-electron chi connectivity index (χ0n) is 8.06. The molecule has 0 aliphatic heterocycles. The van der Waals surface area contributed by atoms with Gasteiger partial charge in [0.2, 0.25) is 0 Å². The van der Waals surface area contributed by atoms with Crippen molar-refractivity contribution in [3.8, 4) is 0 Å². The highest BCUT2D eigenvalue weighted by Gasteiger charge is 2.49. The fourth-order valence-corrected chi connectivity index (χ4v) is 2.04. The highest BCUT2D eigenvalue weighted by molar-refractivity contribution is 4.99. The molecule has 0 heterocycles. The summed E-state index contributed by atoms with van der Waals surface area (Å²) < 4.78 is 0. The van der Waals surface area contributed by atoms with Crippen molar-refractivity contribution < 1.29 is 0 Å². The first-order valence-electron chi connectivity index (χ1n) is 4.81. The Balaban J connectivity index is 2.25. The van der Waals surface area contributed by atoms with Crippen LogP contribution in [0.3, 0.4) is 0 Å². The molecule has 0 amide bonds. The molecule has 1 aliphatic rings. The Hall–Kier alpha value is -0.0400. The predicted molar refractivity (Wildman–Crippen MR) is 49.3 cm³/mol. The Morgan fingerprint density at radius 2 is 2.18 bits per heavy atom. The minimum atomic E-state index is 0.662. The maximum atomic E-state index is 5.48. The Bertz CT molecular complexity index is 133. The Labute approximate surface area is 70.4 Å². The quantitative estimate of drug-likeness (QED) is 0.663. The van der Waals surface area contributed by atoms with Crippen LogP contribution in [-0.4, -0.2) is 6.54 Å². The summed E-state index contributed by atoms with van der Waals surface area (Å²) in [5.41, 5.74) is 6.14. The van der Waals surface area contributed by atoms with Crippen molar-refractivity contribution in [3.63, 3.8) is 0 Å². The van der Waals surface area contributed by atoms with Crippen LogP contribution in [0.2, 0.25) is 0 Å². The summed E-state index contributed by atoms with van der Waals surface area (Å²) in [7, 11) is 0. The number of nitrogens with two attached hydrogens (primary N) is 1. The molecule has 0 spiro atoms. The lowest BCUT2D eigenvalue weighted by molar-refractivity contribution is 0.313. The van der Waals surface area contributed by atoms with Gasteiger partial charge >= 0.3 is 0 Å². The molecule has 1 aliphatic carbocycles. The van der Waals surface area contributed by atoms with Crippen LogP contribution in [0, 0.1) is 17.3 Å². The average molecular weight is 155 g/mol. The van der Waals surface area contributed by atoms with E-state index in [0.717, 1.165) is 18.4 Å². The van der Waals surface area contributed by atoms with E-state index in [0.29, 0.717) is 5.41 Å².